The number of amides is 2. The van der Waals surface area contributed by atoms with Crippen LogP contribution in [0.3, 0.4) is 0 Å². The normalized spacial score (nSPS) is 30.5. The Kier molecular flexibility index (Phi) is 5.84. The molecular formula is C17H30N2O3. The van der Waals surface area contributed by atoms with Gasteiger partial charge in [-0.1, -0.05) is 6.92 Å². The highest BCUT2D eigenvalue weighted by Gasteiger charge is 2.39. The fourth-order valence-corrected chi connectivity index (χ4v) is 3.61. The third-order valence-corrected chi connectivity index (χ3v) is 5.19. The summed E-state index contributed by atoms with van der Waals surface area (Å²) in [6, 6.07) is 0.337. The minimum atomic E-state index is -0.402. The van der Waals surface area contributed by atoms with E-state index in [0.717, 1.165) is 18.8 Å². The highest BCUT2D eigenvalue weighted by molar-refractivity contribution is 5.89. The Morgan fingerprint density at radius 3 is 2.59 bits per heavy atom. The van der Waals surface area contributed by atoms with Crippen molar-refractivity contribution in [3.63, 3.8) is 0 Å². The summed E-state index contributed by atoms with van der Waals surface area (Å²) in [7, 11) is 1.76. The highest BCUT2D eigenvalue weighted by atomic mass is 16.3. The molecule has 1 heterocycles. The average Bonchev–Trinajstić information content (AvgIpc) is 2.86. The number of aliphatic hydroxyl groups is 1. The maximum absolute atomic E-state index is 12.4. The number of hydrogen-bond donors (Lipinski definition) is 1. The van der Waals surface area contributed by atoms with E-state index in [1.807, 2.05) is 4.90 Å². The number of rotatable bonds is 5. The van der Waals surface area contributed by atoms with Gasteiger partial charge in [-0.15, -0.1) is 0 Å². The Balaban J connectivity index is 1.87. The van der Waals surface area contributed by atoms with Crippen molar-refractivity contribution in [3.8, 4) is 0 Å². The molecule has 1 aliphatic heterocycles. The number of aliphatic hydroxyl groups excluding tert-OH is 1. The molecular weight excluding hydrogens is 280 g/mol. The minimum Gasteiger partial charge on any atom is -0.393 e. The van der Waals surface area contributed by atoms with Crippen LogP contribution in [-0.4, -0.2) is 59.0 Å². The molecule has 1 N–H and O–H groups in total. The fraction of sp³-hybridized carbons (Fsp3) is 0.882. The molecule has 5 heteroatoms. The van der Waals surface area contributed by atoms with E-state index in [4.69, 9.17) is 0 Å². The van der Waals surface area contributed by atoms with Crippen LogP contribution in [0.15, 0.2) is 0 Å². The van der Waals surface area contributed by atoms with Crippen molar-refractivity contribution in [2.45, 2.75) is 64.5 Å². The molecule has 0 aromatic carbocycles. The van der Waals surface area contributed by atoms with E-state index in [2.05, 4.69) is 6.92 Å². The van der Waals surface area contributed by atoms with Crippen molar-refractivity contribution in [1.82, 2.24) is 9.80 Å². The largest absolute Gasteiger partial charge is 0.393 e. The van der Waals surface area contributed by atoms with Gasteiger partial charge in [0.2, 0.25) is 11.8 Å². The number of carbonyl (C=O) groups excluding carboxylic acids is 2. The first kappa shape index (κ1) is 17.3. The van der Waals surface area contributed by atoms with Gasteiger partial charge in [0.05, 0.1) is 12.0 Å². The SMILES string of the molecule is CC(O)CCN(C)C(=O)C1CC(=O)N(C2CCC(C)CC2)C1. The summed E-state index contributed by atoms with van der Waals surface area (Å²) >= 11 is 0. The molecule has 2 unspecified atom stereocenters. The summed E-state index contributed by atoms with van der Waals surface area (Å²) in [5.41, 5.74) is 0. The molecule has 0 aromatic heterocycles. The zero-order valence-electron chi connectivity index (χ0n) is 14.1. The lowest BCUT2D eigenvalue weighted by Crippen LogP contribution is -2.40. The Bertz CT molecular complexity index is 403. The Morgan fingerprint density at radius 1 is 1.36 bits per heavy atom. The first-order valence-corrected chi connectivity index (χ1v) is 8.61. The Morgan fingerprint density at radius 2 is 2.00 bits per heavy atom. The van der Waals surface area contributed by atoms with Crippen molar-refractivity contribution in [3.05, 3.63) is 0 Å². The smallest absolute Gasteiger partial charge is 0.227 e. The molecule has 0 radical (unpaired) electrons. The quantitative estimate of drug-likeness (QED) is 0.840. The van der Waals surface area contributed by atoms with Crippen molar-refractivity contribution in [2.75, 3.05) is 20.1 Å². The van der Waals surface area contributed by atoms with Gasteiger partial charge in [0.15, 0.2) is 0 Å². The maximum atomic E-state index is 12.4. The van der Waals surface area contributed by atoms with E-state index in [1.54, 1.807) is 18.9 Å². The third-order valence-electron chi connectivity index (χ3n) is 5.19. The Hall–Kier alpha value is -1.10. The van der Waals surface area contributed by atoms with Gasteiger partial charge < -0.3 is 14.9 Å². The van der Waals surface area contributed by atoms with Crippen LogP contribution in [0.1, 0.15) is 52.4 Å². The van der Waals surface area contributed by atoms with E-state index in [-0.39, 0.29) is 17.7 Å². The van der Waals surface area contributed by atoms with E-state index in [9.17, 15) is 14.7 Å². The van der Waals surface area contributed by atoms with Gasteiger partial charge in [-0.3, -0.25) is 9.59 Å². The zero-order valence-corrected chi connectivity index (χ0v) is 14.1. The monoisotopic (exact) mass is 310 g/mol. The molecule has 2 fully saturated rings. The fourth-order valence-electron chi connectivity index (χ4n) is 3.61. The zero-order chi connectivity index (χ0) is 16.3. The lowest BCUT2D eigenvalue weighted by atomic mass is 9.86. The molecule has 2 amide bonds. The van der Waals surface area contributed by atoms with Gasteiger partial charge in [0.25, 0.3) is 0 Å². The molecule has 2 atom stereocenters. The van der Waals surface area contributed by atoms with Crippen LogP contribution in [0, 0.1) is 11.8 Å². The van der Waals surface area contributed by atoms with Gasteiger partial charge in [-0.2, -0.15) is 0 Å². The number of carbonyl (C=O) groups is 2. The minimum absolute atomic E-state index is 0.0423. The second-order valence-corrected chi connectivity index (χ2v) is 7.26. The highest BCUT2D eigenvalue weighted by Crippen LogP contribution is 2.31. The summed E-state index contributed by atoms with van der Waals surface area (Å²) in [6.07, 6.45) is 5.04. The Labute approximate surface area is 133 Å². The van der Waals surface area contributed by atoms with E-state index < -0.39 is 6.10 Å². The first-order chi connectivity index (χ1) is 10.4. The molecule has 1 saturated heterocycles. The van der Waals surface area contributed by atoms with Crippen molar-refractivity contribution in [2.24, 2.45) is 11.8 Å². The molecule has 126 valence electrons. The lowest BCUT2D eigenvalue weighted by Gasteiger charge is -2.33. The molecule has 0 bridgehead atoms. The summed E-state index contributed by atoms with van der Waals surface area (Å²) in [6.45, 7) is 5.12. The molecule has 22 heavy (non-hydrogen) atoms. The molecule has 5 nitrogen and oxygen atoms in total. The van der Waals surface area contributed by atoms with Crippen LogP contribution in [-0.2, 0) is 9.59 Å². The van der Waals surface area contributed by atoms with Crippen LogP contribution in [0.25, 0.3) is 0 Å². The van der Waals surface area contributed by atoms with Crippen LogP contribution < -0.4 is 0 Å². The number of nitrogens with zero attached hydrogens (tertiary/aromatic N) is 2. The molecule has 2 aliphatic rings. The van der Waals surface area contributed by atoms with Gasteiger partial charge >= 0.3 is 0 Å². The second-order valence-electron chi connectivity index (χ2n) is 7.26. The molecule has 1 saturated carbocycles. The molecule has 0 spiro atoms. The van der Waals surface area contributed by atoms with Gasteiger partial charge in [0, 0.05) is 32.6 Å². The average molecular weight is 310 g/mol. The van der Waals surface area contributed by atoms with E-state index in [0.29, 0.717) is 32.0 Å². The number of likely N-dealkylation sites (tertiary alicyclic amines) is 1. The summed E-state index contributed by atoms with van der Waals surface area (Å²) in [5, 5.41) is 9.32. The van der Waals surface area contributed by atoms with E-state index >= 15 is 0 Å². The summed E-state index contributed by atoms with van der Waals surface area (Å²) < 4.78 is 0. The van der Waals surface area contributed by atoms with Crippen molar-refractivity contribution >= 4 is 11.8 Å². The van der Waals surface area contributed by atoms with Crippen molar-refractivity contribution in [1.29, 1.82) is 0 Å². The third kappa shape index (κ3) is 4.22. The van der Waals surface area contributed by atoms with Gasteiger partial charge in [-0.25, -0.2) is 0 Å². The second kappa shape index (κ2) is 7.44. The van der Waals surface area contributed by atoms with Crippen LogP contribution in [0.2, 0.25) is 0 Å². The standard InChI is InChI=1S/C17H30N2O3/c1-12-4-6-15(7-5-12)19-11-14(10-16(19)21)17(22)18(3)9-8-13(2)20/h12-15,20H,4-11H2,1-3H3. The predicted octanol–water partition coefficient (Wildman–Crippen LogP) is 1.64. The molecule has 2 rings (SSSR count). The molecule has 1 aliphatic carbocycles. The molecule has 0 aromatic rings. The topological polar surface area (TPSA) is 60.9 Å². The van der Waals surface area contributed by atoms with Crippen molar-refractivity contribution < 1.29 is 14.7 Å². The van der Waals surface area contributed by atoms with Crippen LogP contribution in [0.5, 0.6) is 0 Å². The van der Waals surface area contributed by atoms with Gasteiger partial charge in [-0.05, 0) is 44.9 Å². The maximum Gasteiger partial charge on any atom is 0.227 e. The lowest BCUT2D eigenvalue weighted by molar-refractivity contribution is -0.134. The first-order valence-electron chi connectivity index (χ1n) is 8.61. The summed E-state index contributed by atoms with van der Waals surface area (Å²) in [5.74, 6) is 0.742. The van der Waals surface area contributed by atoms with Crippen LogP contribution in [0.4, 0.5) is 0 Å². The number of hydrogen-bond acceptors (Lipinski definition) is 3. The predicted molar refractivity (Wildman–Crippen MR) is 85.2 cm³/mol. The summed E-state index contributed by atoms with van der Waals surface area (Å²) in [4.78, 5) is 28.3. The van der Waals surface area contributed by atoms with Crippen LogP contribution >= 0.6 is 0 Å². The van der Waals surface area contributed by atoms with Gasteiger partial charge in [0.1, 0.15) is 0 Å². The van der Waals surface area contributed by atoms with E-state index in [1.165, 1.54) is 12.8 Å².